The van der Waals surface area contributed by atoms with Gasteiger partial charge in [-0.05, 0) is 131 Å². The average Bonchev–Trinajstić information content (AvgIpc) is 3.78. The third-order valence-electron chi connectivity index (χ3n) is 13.5. The minimum atomic E-state index is 0.895. The first-order valence-electron chi connectivity index (χ1n) is 22.7. The first kappa shape index (κ1) is 37.8. The van der Waals surface area contributed by atoms with Gasteiger partial charge in [0.1, 0.15) is 11.2 Å². The van der Waals surface area contributed by atoms with Crippen LogP contribution >= 0.6 is 0 Å². The predicted octanol–water partition coefficient (Wildman–Crippen LogP) is 18.3. The second-order valence-electron chi connectivity index (χ2n) is 17.2. The predicted molar refractivity (Wildman–Crippen MR) is 280 cm³/mol. The molecule has 0 fully saturated rings. The van der Waals surface area contributed by atoms with Crippen LogP contribution in [0.4, 0.5) is 17.1 Å². The first-order chi connectivity index (χ1) is 32.7. The molecule has 0 unspecified atom stereocenters. The number of fused-ring (bicyclic) bond motifs is 9. The standard InChI is InChI=1S/C64H41NO/c1-3-16-52-44(12-1)30-31-49-40-48(35-38-54(49)52)43-28-26-42(27-29-43)47-14-9-15-51(41-47)65(50-36-32-46(33-37-50)55-20-11-25-63-64(55)60-19-6-8-24-62(60)66-63)61-23-7-5-18-59(61)57-22-10-21-56-53-17-4-2-13-45(53)34-39-58(56)57/h1-41H. The summed E-state index contributed by atoms with van der Waals surface area (Å²) in [5, 5.41) is 12.3. The zero-order valence-corrected chi connectivity index (χ0v) is 36.0. The van der Waals surface area contributed by atoms with Gasteiger partial charge in [-0.15, -0.1) is 0 Å². The van der Waals surface area contributed by atoms with Gasteiger partial charge in [-0.25, -0.2) is 0 Å². The minimum absolute atomic E-state index is 0.895. The maximum Gasteiger partial charge on any atom is 0.136 e. The molecule has 0 aliphatic heterocycles. The maximum absolute atomic E-state index is 6.30. The van der Waals surface area contributed by atoms with Crippen LogP contribution in [-0.2, 0) is 0 Å². The van der Waals surface area contributed by atoms with Crippen molar-refractivity contribution in [2.45, 2.75) is 0 Å². The highest BCUT2D eigenvalue weighted by atomic mass is 16.3. The topological polar surface area (TPSA) is 16.4 Å². The number of rotatable bonds is 7. The number of para-hydroxylation sites is 2. The molecule has 2 nitrogen and oxygen atoms in total. The molecule has 2 heteroatoms. The molecular formula is C64H41NO. The highest BCUT2D eigenvalue weighted by Crippen LogP contribution is 2.45. The molecular weight excluding hydrogens is 799 g/mol. The van der Waals surface area contributed by atoms with Crippen LogP contribution in [0.15, 0.2) is 253 Å². The van der Waals surface area contributed by atoms with E-state index in [-0.39, 0.29) is 0 Å². The lowest BCUT2D eigenvalue weighted by Crippen LogP contribution is -2.11. The fourth-order valence-electron chi connectivity index (χ4n) is 10.3. The number of hydrogen-bond donors (Lipinski definition) is 0. The van der Waals surface area contributed by atoms with Gasteiger partial charge in [0.05, 0.1) is 5.69 Å². The molecule has 12 aromatic carbocycles. The van der Waals surface area contributed by atoms with Crippen LogP contribution in [-0.4, -0.2) is 0 Å². The second-order valence-corrected chi connectivity index (χ2v) is 17.2. The number of nitrogens with zero attached hydrogens (tertiary/aromatic N) is 1. The van der Waals surface area contributed by atoms with Crippen LogP contribution in [0.1, 0.15) is 0 Å². The van der Waals surface area contributed by atoms with Crippen molar-refractivity contribution in [3.8, 4) is 44.5 Å². The van der Waals surface area contributed by atoms with Gasteiger partial charge in [0, 0.05) is 27.7 Å². The van der Waals surface area contributed by atoms with Crippen LogP contribution < -0.4 is 4.90 Å². The summed E-state index contributed by atoms with van der Waals surface area (Å²) < 4.78 is 6.30. The maximum atomic E-state index is 6.30. The van der Waals surface area contributed by atoms with Gasteiger partial charge in [-0.2, -0.15) is 0 Å². The molecule has 0 atom stereocenters. The summed E-state index contributed by atoms with van der Waals surface area (Å²) in [4.78, 5) is 2.42. The highest BCUT2D eigenvalue weighted by molar-refractivity contribution is 6.14. The summed E-state index contributed by atoms with van der Waals surface area (Å²) in [7, 11) is 0. The molecule has 0 aliphatic rings. The molecule has 0 amide bonds. The molecule has 1 heterocycles. The summed E-state index contributed by atoms with van der Waals surface area (Å²) in [6, 6.07) is 90.4. The Labute approximate surface area is 382 Å². The van der Waals surface area contributed by atoms with Crippen LogP contribution in [0.5, 0.6) is 0 Å². The second kappa shape index (κ2) is 15.5. The van der Waals surface area contributed by atoms with Crippen molar-refractivity contribution in [2.24, 2.45) is 0 Å². The molecule has 0 bridgehead atoms. The van der Waals surface area contributed by atoms with Crippen molar-refractivity contribution in [3.63, 3.8) is 0 Å². The lowest BCUT2D eigenvalue weighted by atomic mass is 9.93. The van der Waals surface area contributed by atoms with Gasteiger partial charge in [0.2, 0.25) is 0 Å². The summed E-state index contributed by atoms with van der Waals surface area (Å²) in [5.41, 5.74) is 14.4. The third kappa shape index (κ3) is 6.34. The molecule has 0 radical (unpaired) electrons. The quantitative estimate of drug-likeness (QED) is 0.149. The fraction of sp³-hybridized carbons (Fsp3) is 0. The Hall–Kier alpha value is -8.72. The first-order valence-corrected chi connectivity index (χ1v) is 22.7. The molecule has 1 aromatic heterocycles. The molecule has 0 saturated carbocycles. The van der Waals surface area contributed by atoms with Crippen molar-refractivity contribution in [1.29, 1.82) is 0 Å². The van der Waals surface area contributed by atoms with Crippen LogP contribution in [0.25, 0.3) is 110 Å². The zero-order valence-electron chi connectivity index (χ0n) is 36.0. The van der Waals surface area contributed by atoms with E-state index in [9.17, 15) is 0 Å². The normalized spacial score (nSPS) is 11.6. The van der Waals surface area contributed by atoms with Gasteiger partial charge in [-0.1, -0.05) is 200 Å². The van der Waals surface area contributed by atoms with E-state index in [4.69, 9.17) is 4.42 Å². The van der Waals surface area contributed by atoms with E-state index in [0.29, 0.717) is 0 Å². The lowest BCUT2D eigenvalue weighted by molar-refractivity contribution is 0.669. The van der Waals surface area contributed by atoms with E-state index in [1.807, 2.05) is 12.1 Å². The molecule has 0 spiro atoms. The summed E-state index contributed by atoms with van der Waals surface area (Å²) >= 11 is 0. The van der Waals surface area contributed by atoms with E-state index >= 15 is 0 Å². The third-order valence-corrected chi connectivity index (χ3v) is 13.5. The van der Waals surface area contributed by atoms with Crippen molar-refractivity contribution >= 4 is 82.1 Å². The minimum Gasteiger partial charge on any atom is -0.456 e. The Bertz CT molecular complexity index is 3990. The van der Waals surface area contributed by atoms with E-state index in [1.165, 1.54) is 59.8 Å². The molecule has 66 heavy (non-hydrogen) atoms. The summed E-state index contributed by atoms with van der Waals surface area (Å²) in [5.74, 6) is 0. The van der Waals surface area contributed by atoms with E-state index in [1.54, 1.807) is 0 Å². The van der Waals surface area contributed by atoms with Gasteiger partial charge >= 0.3 is 0 Å². The van der Waals surface area contributed by atoms with Gasteiger partial charge in [0.15, 0.2) is 0 Å². The van der Waals surface area contributed by atoms with Crippen molar-refractivity contribution in [3.05, 3.63) is 249 Å². The molecule has 0 aliphatic carbocycles. The number of furan rings is 1. The summed E-state index contributed by atoms with van der Waals surface area (Å²) in [6.45, 7) is 0. The number of hydrogen-bond acceptors (Lipinski definition) is 2. The Morgan fingerprint density at radius 2 is 0.788 bits per heavy atom. The molecule has 308 valence electrons. The molecule has 0 saturated heterocycles. The molecule has 0 N–H and O–H groups in total. The van der Waals surface area contributed by atoms with Crippen LogP contribution in [0.3, 0.4) is 0 Å². The van der Waals surface area contributed by atoms with Crippen molar-refractivity contribution in [2.75, 3.05) is 4.90 Å². The zero-order chi connectivity index (χ0) is 43.6. The van der Waals surface area contributed by atoms with Gasteiger partial charge in [0.25, 0.3) is 0 Å². The Morgan fingerprint density at radius 3 is 1.61 bits per heavy atom. The highest BCUT2D eigenvalue weighted by Gasteiger charge is 2.20. The number of benzene rings is 12. The van der Waals surface area contributed by atoms with Gasteiger partial charge in [-0.3, -0.25) is 0 Å². The number of anilines is 3. The van der Waals surface area contributed by atoms with Gasteiger partial charge < -0.3 is 9.32 Å². The van der Waals surface area contributed by atoms with Crippen molar-refractivity contribution < 1.29 is 4.42 Å². The Balaban J connectivity index is 0.928. The molecule has 13 rings (SSSR count). The monoisotopic (exact) mass is 839 g/mol. The van der Waals surface area contributed by atoms with Crippen LogP contribution in [0, 0.1) is 0 Å². The smallest absolute Gasteiger partial charge is 0.136 e. The van der Waals surface area contributed by atoms with E-state index in [0.717, 1.165) is 66.8 Å². The summed E-state index contributed by atoms with van der Waals surface area (Å²) in [6.07, 6.45) is 0. The van der Waals surface area contributed by atoms with E-state index in [2.05, 4.69) is 241 Å². The van der Waals surface area contributed by atoms with E-state index < -0.39 is 0 Å². The lowest BCUT2D eigenvalue weighted by Gasteiger charge is -2.29. The average molecular weight is 840 g/mol. The Morgan fingerprint density at radius 1 is 0.258 bits per heavy atom. The van der Waals surface area contributed by atoms with Crippen molar-refractivity contribution in [1.82, 2.24) is 0 Å². The molecule has 13 aromatic rings. The Kier molecular flexibility index (Phi) is 8.89. The largest absolute Gasteiger partial charge is 0.456 e. The van der Waals surface area contributed by atoms with Crippen LogP contribution in [0.2, 0.25) is 0 Å². The fourth-order valence-corrected chi connectivity index (χ4v) is 10.3. The SMILES string of the molecule is c1cc(-c2ccc(-c3ccc4c(ccc5ccccc54)c3)cc2)cc(N(c2ccc(-c3cccc4oc5ccccc5c34)cc2)c2ccccc2-c2cccc3c2ccc2ccccc23)c1.